The highest BCUT2D eigenvalue weighted by Crippen LogP contribution is 2.31. The molecule has 1 aliphatic heterocycles. The van der Waals surface area contributed by atoms with E-state index in [1.807, 2.05) is 22.9 Å². The van der Waals surface area contributed by atoms with Crippen molar-refractivity contribution in [3.63, 3.8) is 0 Å². The fourth-order valence-electron chi connectivity index (χ4n) is 4.21. The maximum absolute atomic E-state index is 13.2. The van der Waals surface area contributed by atoms with Crippen LogP contribution in [-0.4, -0.2) is 38.2 Å². The predicted octanol–water partition coefficient (Wildman–Crippen LogP) is 4.54. The van der Waals surface area contributed by atoms with Crippen molar-refractivity contribution in [3.8, 4) is 0 Å². The molecule has 1 aromatic heterocycles. The van der Waals surface area contributed by atoms with Crippen molar-refractivity contribution in [2.75, 3.05) is 13.1 Å². The van der Waals surface area contributed by atoms with Crippen molar-refractivity contribution in [1.29, 1.82) is 0 Å². The summed E-state index contributed by atoms with van der Waals surface area (Å²) < 4.78 is 15.2. The summed E-state index contributed by atoms with van der Waals surface area (Å²) in [5.41, 5.74) is 3.66. The lowest BCUT2D eigenvalue weighted by Crippen LogP contribution is -2.37. The molecule has 2 heterocycles. The number of hydrogen-bond acceptors (Lipinski definition) is 4. The van der Waals surface area contributed by atoms with Gasteiger partial charge < -0.3 is 0 Å². The number of tetrazole rings is 1. The van der Waals surface area contributed by atoms with E-state index >= 15 is 0 Å². The molecule has 2 aromatic carbocycles. The van der Waals surface area contributed by atoms with Crippen molar-refractivity contribution in [1.82, 2.24) is 25.1 Å². The van der Waals surface area contributed by atoms with Crippen molar-refractivity contribution >= 4 is 5.57 Å². The van der Waals surface area contributed by atoms with Gasteiger partial charge in [-0.05, 0) is 58.0 Å². The van der Waals surface area contributed by atoms with Crippen LogP contribution in [0, 0.1) is 11.7 Å². The number of nitrogens with zero attached hydrogens (tertiary/aromatic N) is 5. The summed E-state index contributed by atoms with van der Waals surface area (Å²) in [5.74, 6) is 1.12. The number of hydrogen-bond donors (Lipinski definition) is 0. The van der Waals surface area contributed by atoms with Crippen molar-refractivity contribution < 1.29 is 4.39 Å². The zero-order chi connectivity index (χ0) is 20.9. The molecule has 0 saturated heterocycles. The van der Waals surface area contributed by atoms with Crippen LogP contribution in [0.3, 0.4) is 0 Å². The first kappa shape index (κ1) is 20.4. The van der Waals surface area contributed by atoms with Crippen LogP contribution in [-0.2, 0) is 13.0 Å². The average molecular weight is 406 g/mol. The summed E-state index contributed by atoms with van der Waals surface area (Å²) in [7, 11) is 0. The van der Waals surface area contributed by atoms with Gasteiger partial charge >= 0.3 is 0 Å². The summed E-state index contributed by atoms with van der Waals surface area (Å²) in [6.45, 7) is 6.97. The molecule has 1 atom stereocenters. The maximum Gasteiger partial charge on any atom is 0.168 e. The van der Waals surface area contributed by atoms with Crippen LogP contribution in [0.5, 0.6) is 0 Å². The molecule has 156 valence electrons. The van der Waals surface area contributed by atoms with Gasteiger partial charge in [0.25, 0.3) is 0 Å². The van der Waals surface area contributed by atoms with Gasteiger partial charge in [-0.2, -0.15) is 0 Å². The van der Waals surface area contributed by atoms with Crippen molar-refractivity contribution in [2.45, 2.75) is 39.3 Å². The van der Waals surface area contributed by atoms with Gasteiger partial charge in [-0.15, -0.1) is 5.10 Å². The number of rotatable bonds is 7. The molecule has 3 aromatic rings. The Morgan fingerprint density at radius 2 is 1.80 bits per heavy atom. The molecule has 0 spiro atoms. The monoisotopic (exact) mass is 405 g/mol. The topological polar surface area (TPSA) is 46.8 Å². The Bertz CT molecular complexity index is 978. The molecular weight excluding hydrogens is 377 g/mol. The van der Waals surface area contributed by atoms with Gasteiger partial charge in [-0.3, -0.25) is 4.90 Å². The van der Waals surface area contributed by atoms with Gasteiger partial charge in [0, 0.05) is 19.6 Å². The third-order valence-corrected chi connectivity index (χ3v) is 5.76. The number of aromatic nitrogens is 4. The minimum atomic E-state index is -0.195. The van der Waals surface area contributed by atoms with Crippen LogP contribution in [0.25, 0.3) is 5.57 Å². The molecule has 6 heteroatoms. The summed E-state index contributed by atoms with van der Waals surface area (Å²) in [6.07, 6.45) is 4.09. The Hall–Kier alpha value is -2.86. The van der Waals surface area contributed by atoms with Crippen LogP contribution in [0.2, 0.25) is 0 Å². The minimum Gasteiger partial charge on any atom is -0.289 e. The highest BCUT2D eigenvalue weighted by atomic mass is 19.1. The van der Waals surface area contributed by atoms with Gasteiger partial charge in [-0.1, -0.05) is 62.4 Å². The van der Waals surface area contributed by atoms with Gasteiger partial charge in [0.2, 0.25) is 0 Å². The molecule has 0 bridgehead atoms. The van der Waals surface area contributed by atoms with Crippen LogP contribution in [0.1, 0.15) is 43.3 Å². The smallest absolute Gasteiger partial charge is 0.168 e. The van der Waals surface area contributed by atoms with E-state index < -0.39 is 0 Å². The summed E-state index contributed by atoms with van der Waals surface area (Å²) in [6, 6.07) is 17.4. The Morgan fingerprint density at radius 3 is 2.47 bits per heavy atom. The molecular formula is C24H28FN5. The zero-order valence-electron chi connectivity index (χ0n) is 17.6. The van der Waals surface area contributed by atoms with E-state index in [4.69, 9.17) is 0 Å². The van der Waals surface area contributed by atoms with E-state index in [-0.39, 0.29) is 11.9 Å². The fraction of sp³-hybridized carbons (Fsp3) is 0.375. The third-order valence-electron chi connectivity index (χ3n) is 5.76. The fourth-order valence-corrected chi connectivity index (χ4v) is 4.21. The van der Waals surface area contributed by atoms with E-state index in [1.54, 1.807) is 0 Å². The van der Waals surface area contributed by atoms with Gasteiger partial charge in [-0.25, -0.2) is 9.07 Å². The third kappa shape index (κ3) is 4.65. The van der Waals surface area contributed by atoms with Crippen molar-refractivity contribution in [2.24, 2.45) is 5.92 Å². The van der Waals surface area contributed by atoms with Gasteiger partial charge in [0.05, 0.1) is 6.04 Å². The molecule has 1 aliphatic rings. The normalized spacial score (nSPS) is 15.9. The average Bonchev–Trinajstić information content (AvgIpc) is 3.22. The maximum atomic E-state index is 13.2. The first-order valence-electron chi connectivity index (χ1n) is 10.6. The second kappa shape index (κ2) is 9.30. The molecule has 0 unspecified atom stereocenters. The lowest BCUT2D eigenvalue weighted by molar-refractivity contribution is 0.158. The van der Waals surface area contributed by atoms with Crippen LogP contribution in [0.4, 0.5) is 4.39 Å². The van der Waals surface area contributed by atoms with E-state index in [2.05, 4.69) is 64.6 Å². The molecule has 5 nitrogen and oxygen atoms in total. The molecule has 30 heavy (non-hydrogen) atoms. The van der Waals surface area contributed by atoms with Crippen LogP contribution < -0.4 is 0 Å². The molecule has 0 radical (unpaired) electrons. The first-order chi connectivity index (χ1) is 14.6. The second-order valence-electron chi connectivity index (χ2n) is 8.17. The summed E-state index contributed by atoms with van der Waals surface area (Å²) in [5, 5.41) is 12.7. The van der Waals surface area contributed by atoms with E-state index in [1.165, 1.54) is 23.3 Å². The van der Waals surface area contributed by atoms with Gasteiger partial charge in [0.15, 0.2) is 5.82 Å². The summed E-state index contributed by atoms with van der Waals surface area (Å²) in [4.78, 5) is 2.45. The van der Waals surface area contributed by atoms with Crippen LogP contribution in [0.15, 0.2) is 60.7 Å². The molecule has 0 N–H and O–H groups in total. The Labute approximate surface area is 177 Å². The quantitative estimate of drug-likeness (QED) is 0.579. The minimum absolute atomic E-state index is 0.154. The SMILES string of the molecule is CC(C)[C@H](c1nnnn1CCc1ccccc1)N1CC=C(c2ccc(F)cc2)CC1. The molecule has 0 saturated carbocycles. The molecule has 4 rings (SSSR count). The van der Waals surface area contributed by atoms with Crippen LogP contribution >= 0.6 is 0 Å². The Kier molecular flexibility index (Phi) is 6.33. The number of aryl methyl sites for hydroxylation is 2. The first-order valence-corrected chi connectivity index (χ1v) is 10.6. The molecule has 0 fully saturated rings. The number of benzene rings is 2. The van der Waals surface area contributed by atoms with E-state index in [0.29, 0.717) is 5.92 Å². The summed E-state index contributed by atoms with van der Waals surface area (Å²) >= 11 is 0. The van der Waals surface area contributed by atoms with E-state index in [0.717, 1.165) is 43.9 Å². The highest BCUT2D eigenvalue weighted by molar-refractivity contribution is 5.66. The predicted molar refractivity (Wildman–Crippen MR) is 116 cm³/mol. The Balaban J connectivity index is 1.49. The zero-order valence-corrected chi connectivity index (χ0v) is 17.6. The van der Waals surface area contributed by atoms with E-state index in [9.17, 15) is 4.39 Å². The standard InChI is InChI=1S/C24H28FN5/c1-18(2)23(24-26-27-28-30(24)17-12-19-6-4-3-5-7-19)29-15-13-21(14-16-29)20-8-10-22(25)11-9-20/h3-11,13,18,23H,12,14-17H2,1-2H3/t23-/m1/s1. The van der Waals surface area contributed by atoms with Gasteiger partial charge in [0.1, 0.15) is 5.82 Å². The second-order valence-corrected chi connectivity index (χ2v) is 8.17. The lowest BCUT2D eigenvalue weighted by atomic mass is 9.95. The molecule has 0 aliphatic carbocycles. The lowest BCUT2D eigenvalue weighted by Gasteiger charge is -2.35. The van der Waals surface area contributed by atoms with Crippen molar-refractivity contribution in [3.05, 3.63) is 83.4 Å². The highest BCUT2D eigenvalue weighted by Gasteiger charge is 2.30. The molecule has 0 amide bonds. The largest absolute Gasteiger partial charge is 0.289 e. The number of halogens is 1. The Morgan fingerprint density at radius 1 is 1.03 bits per heavy atom.